The standard InChI is InChI=1S/C21H22FN5O4/c22-15-6-4-14(5-7-15)18-19-20(31-25-18)21(30)27(13-24-19)12-8-16(28)23-9-2-11-26-10-1-3-17(26)29/h4-7,13H,1-3,8-12H2,(H,23,28). The van der Waals surface area contributed by atoms with E-state index in [4.69, 9.17) is 4.52 Å². The number of hydrogen-bond acceptors (Lipinski definition) is 6. The normalized spacial score (nSPS) is 13.8. The molecule has 0 spiro atoms. The highest BCUT2D eigenvalue weighted by atomic mass is 19.1. The Morgan fingerprint density at radius 3 is 2.74 bits per heavy atom. The predicted octanol–water partition coefficient (Wildman–Crippen LogP) is 1.71. The van der Waals surface area contributed by atoms with E-state index in [-0.39, 0.29) is 41.7 Å². The first-order chi connectivity index (χ1) is 15.0. The lowest BCUT2D eigenvalue weighted by atomic mass is 10.1. The number of benzene rings is 1. The van der Waals surface area contributed by atoms with Crippen LogP contribution in [0.4, 0.5) is 4.39 Å². The van der Waals surface area contributed by atoms with E-state index >= 15 is 0 Å². The molecule has 162 valence electrons. The molecule has 1 fully saturated rings. The highest BCUT2D eigenvalue weighted by molar-refractivity contribution is 5.87. The van der Waals surface area contributed by atoms with E-state index in [1.54, 1.807) is 0 Å². The van der Waals surface area contributed by atoms with Gasteiger partial charge in [0.1, 0.15) is 17.0 Å². The number of nitrogens with one attached hydrogen (secondary N) is 1. The molecule has 0 saturated carbocycles. The van der Waals surface area contributed by atoms with Gasteiger partial charge in [0.2, 0.25) is 11.8 Å². The number of rotatable bonds is 8. The zero-order valence-electron chi connectivity index (χ0n) is 16.8. The van der Waals surface area contributed by atoms with Gasteiger partial charge in [-0.3, -0.25) is 19.0 Å². The second-order valence-electron chi connectivity index (χ2n) is 7.40. The van der Waals surface area contributed by atoms with Gasteiger partial charge in [-0.2, -0.15) is 0 Å². The van der Waals surface area contributed by atoms with Gasteiger partial charge in [-0.25, -0.2) is 9.37 Å². The lowest BCUT2D eigenvalue weighted by molar-refractivity contribution is -0.127. The molecule has 1 saturated heterocycles. The van der Waals surface area contributed by atoms with Crippen molar-refractivity contribution in [1.29, 1.82) is 0 Å². The average molecular weight is 427 g/mol. The number of likely N-dealkylation sites (tertiary alicyclic amines) is 1. The summed E-state index contributed by atoms with van der Waals surface area (Å²) >= 11 is 0. The highest BCUT2D eigenvalue weighted by Crippen LogP contribution is 2.24. The molecule has 4 rings (SSSR count). The first-order valence-electron chi connectivity index (χ1n) is 10.2. The SMILES string of the molecule is O=C(CCn1cnc2c(-c3ccc(F)cc3)noc2c1=O)NCCCN1CCCC1=O. The Morgan fingerprint density at radius 2 is 2.00 bits per heavy atom. The van der Waals surface area contributed by atoms with Crippen LogP contribution in [0.1, 0.15) is 25.7 Å². The van der Waals surface area contributed by atoms with E-state index in [0.29, 0.717) is 37.2 Å². The molecule has 31 heavy (non-hydrogen) atoms. The molecule has 1 aliphatic heterocycles. The Balaban J connectivity index is 1.33. The van der Waals surface area contributed by atoms with E-state index in [9.17, 15) is 18.8 Å². The van der Waals surface area contributed by atoms with Crippen molar-refractivity contribution in [1.82, 2.24) is 24.9 Å². The van der Waals surface area contributed by atoms with Crippen LogP contribution in [0.25, 0.3) is 22.4 Å². The van der Waals surface area contributed by atoms with Gasteiger partial charge in [-0.1, -0.05) is 5.16 Å². The van der Waals surface area contributed by atoms with Crippen molar-refractivity contribution >= 4 is 22.9 Å². The minimum Gasteiger partial charge on any atom is -0.356 e. The molecule has 0 unspecified atom stereocenters. The van der Waals surface area contributed by atoms with Gasteiger partial charge in [-0.05, 0) is 37.1 Å². The number of aromatic nitrogens is 3. The number of nitrogens with zero attached hydrogens (tertiary/aromatic N) is 4. The first-order valence-corrected chi connectivity index (χ1v) is 10.2. The number of hydrogen-bond donors (Lipinski definition) is 1. The summed E-state index contributed by atoms with van der Waals surface area (Å²) in [6.07, 6.45) is 3.65. The van der Waals surface area contributed by atoms with Gasteiger partial charge < -0.3 is 14.7 Å². The third kappa shape index (κ3) is 4.62. The Bertz CT molecular complexity index is 1150. The second kappa shape index (κ2) is 9.07. The average Bonchev–Trinajstić information content (AvgIpc) is 3.38. The van der Waals surface area contributed by atoms with Crippen LogP contribution in [0.5, 0.6) is 0 Å². The van der Waals surface area contributed by atoms with Crippen molar-refractivity contribution in [2.24, 2.45) is 0 Å². The van der Waals surface area contributed by atoms with Crippen LogP contribution in [0.2, 0.25) is 0 Å². The maximum atomic E-state index is 13.1. The van der Waals surface area contributed by atoms with Crippen molar-refractivity contribution in [2.45, 2.75) is 32.2 Å². The van der Waals surface area contributed by atoms with E-state index in [1.165, 1.54) is 35.2 Å². The Labute approximate surface area is 176 Å². The number of aryl methyl sites for hydroxylation is 1. The fraction of sp³-hybridized carbons (Fsp3) is 0.381. The third-order valence-corrected chi connectivity index (χ3v) is 5.24. The van der Waals surface area contributed by atoms with Gasteiger partial charge >= 0.3 is 0 Å². The van der Waals surface area contributed by atoms with Crippen molar-refractivity contribution in [3.05, 3.63) is 46.8 Å². The number of halogens is 1. The summed E-state index contributed by atoms with van der Waals surface area (Å²) < 4.78 is 19.6. The van der Waals surface area contributed by atoms with Crippen LogP contribution in [0.3, 0.4) is 0 Å². The molecule has 0 atom stereocenters. The van der Waals surface area contributed by atoms with Gasteiger partial charge in [0, 0.05) is 44.6 Å². The molecular formula is C21H22FN5O4. The number of carbonyl (C=O) groups excluding carboxylic acids is 2. The van der Waals surface area contributed by atoms with Crippen LogP contribution < -0.4 is 10.9 Å². The Morgan fingerprint density at radius 1 is 1.19 bits per heavy atom. The monoisotopic (exact) mass is 427 g/mol. The van der Waals surface area contributed by atoms with Crippen molar-refractivity contribution < 1.29 is 18.5 Å². The molecule has 1 N–H and O–H groups in total. The lowest BCUT2D eigenvalue weighted by Gasteiger charge is -2.15. The molecule has 1 aromatic carbocycles. The molecule has 9 nitrogen and oxygen atoms in total. The molecule has 0 aliphatic carbocycles. The van der Waals surface area contributed by atoms with Crippen molar-refractivity contribution in [2.75, 3.05) is 19.6 Å². The summed E-state index contributed by atoms with van der Waals surface area (Å²) in [6.45, 7) is 2.04. The highest BCUT2D eigenvalue weighted by Gasteiger charge is 2.19. The van der Waals surface area contributed by atoms with Crippen molar-refractivity contribution in [3.8, 4) is 11.3 Å². The summed E-state index contributed by atoms with van der Waals surface area (Å²) in [5.41, 5.74) is 0.769. The Kier molecular flexibility index (Phi) is 6.06. The smallest absolute Gasteiger partial charge is 0.299 e. The number of carbonyl (C=O) groups is 2. The van der Waals surface area contributed by atoms with Gasteiger partial charge in [0.15, 0.2) is 0 Å². The van der Waals surface area contributed by atoms with Gasteiger partial charge in [0.25, 0.3) is 11.1 Å². The summed E-state index contributed by atoms with van der Waals surface area (Å²) in [7, 11) is 0. The molecule has 0 bridgehead atoms. The predicted molar refractivity (Wildman–Crippen MR) is 110 cm³/mol. The molecule has 2 amide bonds. The lowest BCUT2D eigenvalue weighted by Crippen LogP contribution is -2.31. The Hall–Kier alpha value is -3.56. The van der Waals surface area contributed by atoms with Gasteiger partial charge in [0.05, 0.1) is 6.33 Å². The number of fused-ring (bicyclic) bond motifs is 1. The maximum absolute atomic E-state index is 13.1. The zero-order chi connectivity index (χ0) is 21.8. The van der Waals surface area contributed by atoms with Crippen LogP contribution in [0, 0.1) is 5.82 Å². The topological polar surface area (TPSA) is 110 Å². The molecule has 10 heteroatoms. The van der Waals surface area contributed by atoms with E-state index in [1.807, 2.05) is 4.90 Å². The summed E-state index contributed by atoms with van der Waals surface area (Å²) in [6, 6.07) is 5.64. The van der Waals surface area contributed by atoms with Crippen LogP contribution in [-0.4, -0.2) is 51.1 Å². The third-order valence-electron chi connectivity index (χ3n) is 5.24. The molecule has 3 heterocycles. The van der Waals surface area contributed by atoms with E-state index < -0.39 is 5.56 Å². The fourth-order valence-electron chi connectivity index (χ4n) is 3.56. The second-order valence-corrected chi connectivity index (χ2v) is 7.40. The van der Waals surface area contributed by atoms with Crippen LogP contribution in [-0.2, 0) is 16.1 Å². The van der Waals surface area contributed by atoms with E-state index in [0.717, 1.165) is 13.0 Å². The minimum absolute atomic E-state index is 0.0162. The zero-order valence-corrected chi connectivity index (χ0v) is 16.8. The molecule has 3 aromatic rings. The molecule has 2 aromatic heterocycles. The summed E-state index contributed by atoms with van der Waals surface area (Å²) in [5.74, 6) is -0.400. The summed E-state index contributed by atoms with van der Waals surface area (Å²) in [4.78, 5) is 42.3. The largest absolute Gasteiger partial charge is 0.356 e. The fourth-order valence-corrected chi connectivity index (χ4v) is 3.56. The first kappa shape index (κ1) is 20.7. The molecule has 1 aliphatic rings. The van der Waals surface area contributed by atoms with Crippen LogP contribution >= 0.6 is 0 Å². The quantitative estimate of drug-likeness (QED) is 0.548. The summed E-state index contributed by atoms with van der Waals surface area (Å²) in [5, 5.41) is 6.70. The van der Waals surface area contributed by atoms with Gasteiger partial charge in [-0.15, -0.1) is 0 Å². The molecular weight excluding hydrogens is 405 g/mol. The molecule has 0 radical (unpaired) electrons. The van der Waals surface area contributed by atoms with E-state index in [2.05, 4.69) is 15.5 Å². The van der Waals surface area contributed by atoms with Crippen LogP contribution in [0.15, 0.2) is 39.9 Å². The number of amides is 2. The minimum atomic E-state index is -0.439. The maximum Gasteiger partial charge on any atom is 0.299 e. The van der Waals surface area contributed by atoms with Crippen molar-refractivity contribution in [3.63, 3.8) is 0 Å².